The van der Waals surface area contributed by atoms with Crippen molar-refractivity contribution in [1.29, 1.82) is 5.26 Å². The Labute approximate surface area is 109 Å². The van der Waals surface area contributed by atoms with Crippen LogP contribution in [0.2, 0.25) is 0 Å². The first kappa shape index (κ1) is 12.4. The third-order valence-corrected chi connectivity index (χ3v) is 4.97. The smallest absolute Gasteiger partial charge is 0.273 e. The van der Waals surface area contributed by atoms with Crippen LogP contribution in [-0.2, 0) is 0 Å². The summed E-state index contributed by atoms with van der Waals surface area (Å²) in [7, 11) is 0. The van der Waals surface area contributed by atoms with E-state index in [1.807, 2.05) is 6.26 Å². The van der Waals surface area contributed by atoms with Crippen molar-refractivity contribution in [3.63, 3.8) is 0 Å². The van der Waals surface area contributed by atoms with Gasteiger partial charge in [-0.2, -0.15) is 5.26 Å². The maximum atomic E-state index is 12.0. The number of rotatable bonds is 2. The fourth-order valence-electron chi connectivity index (χ4n) is 1.91. The largest absolute Gasteiger partial charge is 0.337 e. The summed E-state index contributed by atoms with van der Waals surface area (Å²) < 4.78 is -0.307. The molecule has 1 aromatic heterocycles. The van der Waals surface area contributed by atoms with Gasteiger partial charge in [-0.3, -0.25) is 4.79 Å². The number of thioether (sulfide) groups is 1. The summed E-state index contributed by atoms with van der Waals surface area (Å²) >= 11 is 3.02. The van der Waals surface area contributed by atoms with E-state index in [4.69, 9.17) is 5.26 Å². The Hall–Kier alpha value is -1.06. The molecule has 0 unspecified atom stereocenters. The number of piperidine rings is 1. The fraction of sp³-hybridized carbons (Fsp3) is 0.545. The van der Waals surface area contributed by atoms with Crippen LogP contribution in [-0.4, -0.2) is 39.9 Å². The van der Waals surface area contributed by atoms with Gasteiger partial charge in [-0.25, -0.2) is 4.98 Å². The molecule has 0 aromatic carbocycles. The molecule has 1 aromatic rings. The van der Waals surface area contributed by atoms with Gasteiger partial charge in [0.2, 0.25) is 0 Å². The number of thiazole rings is 1. The second-order valence-corrected chi connectivity index (χ2v) is 5.88. The standard InChI is InChI=1S/C11H13N3OS2/c1-16-11(7-12)2-4-14(5-3-11)10(15)9-6-17-8-13-9/h6,8H,2-5H2,1H3. The molecule has 0 aliphatic carbocycles. The lowest BCUT2D eigenvalue weighted by Gasteiger charge is -2.35. The Balaban J connectivity index is 2.01. The van der Waals surface area contributed by atoms with Gasteiger partial charge in [-0.1, -0.05) is 0 Å². The van der Waals surface area contributed by atoms with Gasteiger partial charge in [-0.15, -0.1) is 23.1 Å². The van der Waals surface area contributed by atoms with E-state index in [2.05, 4.69) is 11.1 Å². The summed E-state index contributed by atoms with van der Waals surface area (Å²) in [6.45, 7) is 1.29. The molecule has 1 fully saturated rings. The van der Waals surface area contributed by atoms with Crippen LogP contribution in [0.25, 0.3) is 0 Å². The van der Waals surface area contributed by atoms with Crippen LogP contribution in [0.4, 0.5) is 0 Å². The average molecular weight is 267 g/mol. The van der Waals surface area contributed by atoms with Crippen molar-refractivity contribution in [1.82, 2.24) is 9.88 Å². The van der Waals surface area contributed by atoms with Crippen LogP contribution in [0.3, 0.4) is 0 Å². The van der Waals surface area contributed by atoms with Gasteiger partial charge in [0.15, 0.2) is 0 Å². The van der Waals surface area contributed by atoms with Crippen molar-refractivity contribution in [2.75, 3.05) is 19.3 Å². The summed E-state index contributed by atoms with van der Waals surface area (Å²) in [6.07, 6.45) is 3.43. The lowest BCUT2D eigenvalue weighted by Crippen LogP contribution is -2.44. The number of carbonyl (C=O) groups is 1. The molecular weight excluding hydrogens is 254 g/mol. The number of carbonyl (C=O) groups excluding carboxylic acids is 1. The number of nitriles is 1. The van der Waals surface area contributed by atoms with Crippen molar-refractivity contribution in [2.24, 2.45) is 0 Å². The molecule has 0 bridgehead atoms. The summed E-state index contributed by atoms with van der Waals surface area (Å²) in [5.74, 6) is -0.0149. The molecule has 1 aliphatic heterocycles. The first-order chi connectivity index (χ1) is 8.21. The normalized spacial score (nSPS) is 18.7. The van der Waals surface area contributed by atoms with Crippen molar-refractivity contribution in [2.45, 2.75) is 17.6 Å². The van der Waals surface area contributed by atoms with E-state index in [0.717, 1.165) is 12.8 Å². The van der Waals surface area contributed by atoms with Crippen molar-refractivity contribution < 1.29 is 4.79 Å². The zero-order valence-corrected chi connectivity index (χ0v) is 11.2. The van der Waals surface area contributed by atoms with Crippen molar-refractivity contribution >= 4 is 29.0 Å². The molecule has 17 heavy (non-hydrogen) atoms. The highest BCUT2D eigenvalue weighted by Gasteiger charge is 2.35. The molecule has 1 amide bonds. The number of aromatic nitrogens is 1. The van der Waals surface area contributed by atoms with Crippen LogP contribution in [0.15, 0.2) is 10.9 Å². The van der Waals surface area contributed by atoms with Crippen molar-refractivity contribution in [3.05, 3.63) is 16.6 Å². The monoisotopic (exact) mass is 267 g/mol. The van der Waals surface area contributed by atoms with Gasteiger partial charge in [0.05, 0.1) is 11.6 Å². The molecule has 2 heterocycles. The zero-order valence-electron chi connectivity index (χ0n) is 9.55. The third-order valence-electron chi connectivity index (χ3n) is 3.10. The zero-order chi connectivity index (χ0) is 12.3. The molecule has 6 heteroatoms. The highest BCUT2D eigenvalue weighted by molar-refractivity contribution is 8.00. The molecule has 0 N–H and O–H groups in total. The number of amides is 1. The van der Waals surface area contributed by atoms with Gasteiger partial charge in [0.1, 0.15) is 10.4 Å². The molecular formula is C11H13N3OS2. The van der Waals surface area contributed by atoms with Crippen LogP contribution >= 0.6 is 23.1 Å². The van der Waals surface area contributed by atoms with E-state index < -0.39 is 0 Å². The minimum atomic E-state index is -0.307. The van der Waals surface area contributed by atoms with Gasteiger partial charge in [-0.05, 0) is 19.1 Å². The van der Waals surface area contributed by atoms with Crippen LogP contribution < -0.4 is 0 Å². The second kappa shape index (κ2) is 5.07. The first-order valence-electron chi connectivity index (χ1n) is 5.35. The van der Waals surface area contributed by atoms with Gasteiger partial charge in [0, 0.05) is 18.5 Å². The van der Waals surface area contributed by atoms with E-state index in [1.54, 1.807) is 27.6 Å². The third kappa shape index (κ3) is 2.45. The Morgan fingerprint density at radius 2 is 2.35 bits per heavy atom. The molecule has 4 nitrogen and oxygen atoms in total. The highest BCUT2D eigenvalue weighted by Crippen LogP contribution is 2.34. The lowest BCUT2D eigenvalue weighted by atomic mass is 9.97. The quantitative estimate of drug-likeness (QED) is 0.822. The van der Waals surface area contributed by atoms with Crippen molar-refractivity contribution in [3.8, 4) is 6.07 Å². The highest BCUT2D eigenvalue weighted by atomic mass is 32.2. The molecule has 90 valence electrons. The molecule has 0 atom stereocenters. The van der Waals surface area contributed by atoms with E-state index in [1.165, 1.54) is 11.3 Å². The summed E-state index contributed by atoms with van der Waals surface area (Å²) in [5.41, 5.74) is 2.18. The molecule has 0 spiro atoms. The Morgan fingerprint density at radius 1 is 1.65 bits per heavy atom. The average Bonchev–Trinajstić information content (AvgIpc) is 2.92. The number of hydrogen-bond donors (Lipinski definition) is 0. The van der Waals surface area contributed by atoms with Crippen LogP contribution in [0.1, 0.15) is 23.3 Å². The SMILES string of the molecule is CSC1(C#N)CCN(C(=O)c2cscn2)CC1. The molecule has 0 saturated carbocycles. The topological polar surface area (TPSA) is 57.0 Å². The van der Waals surface area contributed by atoms with E-state index in [9.17, 15) is 4.79 Å². The predicted molar refractivity (Wildman–Crippen MR) is 69.1 cm³/mol. The van der Waals surface area contributed by atoms with Crippen LogP contribution in [0.5, 0.6) is 0 Å². The molecule has 1 saturated heterocycles. The maximum absolute atomic E-state index is 12.0. The van der Waals surface area contributed by atoms with E-state index in [0.29, 0.717) is 18.8 Å². The molecule has 2 rings (SSSR count). The molecule has 1 aliphatic rings. The minimum Gasteiger partial charge on any atom is -0.337 e. The van der Waals surface area contributed by atoms with Crippen LogP contribution in [0, 0.1) is 11.3 Å². The molecule has 0 radical (unpaired) electrons. The maximum Gasteiger partial charge on any atom is 0.273 e. The number of likely N-dealkylation sites (tertiary alicyclic amines) is 1. The van der Waals surface area contributed by atoms with E-state index in [-0.39, 0.29) is 10.7 Å². The lowest BCUT2D eigenvalue weighted by molar-refractivity contribution is 0.0711. The minimum absolute atomic E-state index is 0.0149. The van der Waals surface area contributed by atoms with E-state index >= 15 is 0 Å². The number of nitrogens with zero attached hydrogens (tertiary/aromatic N) is 3. The Bertz CT molecular complexity index is 430. The first-order valence-corrected chi connectivity index (χ1v) is 7.51. The van der Waals surface area contributed by atoms with Gasteiger partial charge < -0.3 is 4.90 Å². The summed E-state index contributed by atoms with van der Waals surface area (Å²) in [4.78, 5) is 17.8. The Morgan fingerprint density at radius 3 is 2.82 bits per heavy atom. The van der Waals surface area contributed by atoms with Gasteiger partial charge >= 0.3 is 0 Å². The summed E-state index contributed by atoms with van der Waals surface area (Å²) in [5, 5.41) is 10.9. The predicted octanol–water partition coefficient (Wildman–Crippen LogP) is 2.00. The second-order valence-electron chi connectivity index (χ2n) is 3.98. The van der Waals surface area contributed by atoms with Gasteiger partial charge in [0.25, 0.3) is 5.91 Å². The summed E-state index contributed by atoms with van der Waals surface area (Å²) in [6, 6.07) is 2.37. The fourth-order valence-corrected chi connectivity index (χ4v) is 3.12. The Kier molecular flexibility index (Phi) is 3.69. The number of hydrogen-bond acceptors (Lipinski definition) is 5.